The molecule has 390 valence electrons. The van der Waals surface area contributed by atoms with Gasteiger partial charge >= 0.3 is 24.2 Å². The predicted molar refractivity (Wildman–Crippen MR) is 266 cm³/mol. The van der Waals surface area contributed by atoms with Crippen LogP contribution in [0.3, 0.4) is 0 Å². The molecular formula is C51H63N9O13. The van der Waals surface area contributed by atoms with E-state index < -0.39 is 77.2 Å². The highest BCUT2D eigenvalue weighted by atomic mass is 16.6. The van der Waals surface area contributed by atoms with Crippen molar-refractivity contribution in [3.63, 3.8) is 0 Å². The minimum Gasteiger partial charge on any atom is -0.458 e. The standard InChI is InChI=1S/C51H63N9O13/c1-9-32-33-22-31(17-18-37(33)55-41-34(32)24-60-39(41)23-36-35(46(60)65)26-71-47(66)51(36,70)10-2)73-50(69)59(8)21-20-58(7)49(68)72-25-29-13-15-30(16-14-29)54-43(62)38(12-11-19-53-48(52)67)56-44(63)40(27(3)4)57-45(64)42(61)28(5)6/h13-18,22-23,27-28,38,40,70H,9-12,19-21,24-26H2,1-8H3,(H,54,62)(H,56,63)(H,57,64)(H3,52,53,67)/t38-,40-,51-/m0/s1. The molecule has 2 aliphatic heterocycles. The van der Waals surface area contributed by atoms with E-state index in [1.807, 2.05) is 6.92 Å². The Kier molecular flexibility index (Phi) is 17.2. The number of aliphatic hydroxyl groups is 1. The highest BCUT2D eigenvalue weighted by Gasteiger charge is 2.45. The van der Waals surface area contributed by atoms with E-state index in [1.165, 1.54) is 23.9 Å². The normalized spacial score (nSPS) is 15.2. The van der Waals surface area contributed by atoms with Crippen LogP contribution in [0.2, 0.25) is 0 Å². The number of urea groups is 1. The number of ether oxygens (including phenoxy) is 3. The lowest BCUT2D eigenvalue weighted by Crippen LogP contribution is -2.55. The van der Waals surface area contributed by atoms with Gasteiger partial charge in [0.15, 0.2) is 5.60 Å². The van der Waals surface area contributed by atoms with Crippen molar-refractivity contribution in [2.45, 2.75) is 105 Å². The van der Waals surface area contributed by atoms with Gasteiger partial charge in [-0.05, 0) is 79.1 Å². The molecule has 2 aliphatic rings. The van der Waals surface area contributed by atoms with Gasteiger partial charge in [0.25, 0.3) is 11.5 Å². The van der Waals surface area contributed by atoms with E-state index in [9.17, 15) is 48.3 Å². The number of cyclic esters (lactones) is 1. The SMILES string of the molecule is CCc1c2c(nc3ccc(OC(=O)N(C)CCN(C)C(=O)OCc4ccc(NC(=O)[C@H](CCCNC(N)=O)NC(=O)[C@@H](NC(=O)C(=O)C(C)C)C(C)C)cc4)cc13)-c1cc3c(c(=O)n1C2)COC(=O)[C@]3(O)CC. The van der Waals surface area contributed by atoms with Crippen LogP contribution in [0, 0.1) is 11.8 Å². The van der Waals surface area contributed by atoms with Gasteiger partial charge in [-0.2, -0.15) is 0 Å². The van der Waals surface area contributed by atoms with Gasteiger partial charge in [-0.3, -0.25) is 24.0 Å². The van der Waals surface area contributed by atoms with Gasteiger partial charge in [0, 0.05) is 61.8 Å². The third kappa shape index (κ3) is 12.3. The number of aryl methyl sites for hydroxylation is 1. The van der Waals surface area contributed by atoms with Crippen LogP contribution >= 0.6 is 0 Å². The van der Waals surface area contributed by atoms with Crippen LogP contribution in [-0.4, -0.2) is 118 Å². The lowest BCUT2D eigenvalue weighted by atomic mass is 9.86. The second-order valence-corrected chi connectivity index (χ2v) is 18.7. The Bertz CT molecular complexity index is 2880. The fourth-order valence-corrected chi connectivity index (χ4v) is 8.50. The number of likely N-dealkylation sites (N-methyl/N-ethyl adjacent to an activating group) is 2. The summed E-state index contributed by atoms with van der Waals surface area (Å²) in [5.74, 6) is -4.42. The molecule has 22 nitrogen and oxygen atoms in total. The summed E-state index contributed by atoms with van der Waals surface area (Å²) in [7, 11) is 3.04. The third-order valence-corrected chi connectivity index (χ3v) is 12.9. The Hall–Kier alpha value is -7.88. The van der Waals surface area contributed by atoms with Crippen molar-refractivity contribution in [3.05, 3.63) is 86.7 Å². The van der Waals surface area contributed by atoms with Gasteiger partial charge < -0.3 is 60.7 Å². The molecule has 0 saturated heterocycles. The summed E-state index contributed by atoms with van der Waals surface area (Å²) < 4.78 is 18.0. The molecule has 3 atom stereocenters. The number of nitrogens with one attached hydrogen (secondary N) is 4. The molecule has 4 aromatic rings. The minimum atomic E-state index is -1.95. The van der Waals surface area contributed by atoms with E-state index in [0.717, 1.165) is 16.5 Å². The summed E-state index contributed by atoms with van der Waals surface area (Å²) >= 11 is 0. The number of carbonyl (C=O) groups excluding carboxylic acids is 8. The lowest BCUT2D eigenvalue weighted by Gasteiger charge is -2.31. The van der Waals surface area contributed by atoms with Crippen molar-refractivity contribution in [2.75, 3.05) is 39.0 Å². The van der Waals surface area contributed by atoms with E-state index in [4.69, 9.17) is 24.9 Å². The van der Waals surface area contributed by atoms with Crippen LogP contribution in [0.15, 0.2) is 53.3 Å². The maximum Gasteiger partial charge on any atom is 0.415 e. The Morgan fingerprint density at radius 2 is 1.59 bits per heavy atom. The van der Waals surface area contributed by atoms with Gasteiger partial charge in [0.05, 0.1) is 29.0 Å². The molecule has 0 saturated carbocycles. The number of aromatic nitrogens is 2. The summed E-state index contributed by atoms with van der Waals surface area (Å²) in [6.07, 6.45) is -0.403. The number of esters is 1. The maximum absolute atomic E-state index is 13.7. The Balaban J connectivity index is 1.01. The Morgan fingerprint density at radius 1 is 0.904 bits per heavy atom. The van der Waals surface area contributed by atoms with E-state index in [0.29, 0.717) is 34.6 Å². The van der Waals surface area contributed by atoms with E-state index >= 15 is 0 Å². The van der Waals surface area contributed by atoms with Crippen molar-refractivity contribution in [2.24, 2.45) is 17.6 Å². The monoisotopic (exact) mass is 1010 g/mol. The number of carbonyl (C=O) groups is 8. The van der Waals surface area contributed by atoms with Crippen molar-refractivity contribution in [1.82, 2.24) is 35.3 Å². The summed E-state index contributed by atoms with van der Waals surface area (Å²) in [4.78, 5) is 123. The zero-order chi connectivity index (χ0) is 53.5. The largest absolute Gasteiger partial charge is 0.458 e. The number of nitrogens with two attached hydrogens (primary N) is 1. The molecule has 0 fully saturated rings. The Labute approximate surface area is 421 Å². The minimum absolute atomic E-state index is 0.0269. The van der Waals surface area contributed by atoms with Gasteiger partial charge in [-0.15, -0.1) is 0 Å². The number of nitrogens with zero attached hydrogens (tertiary/aromatic N) is 4. The van der Waals surface area contributed by atoms with Crippen molar-refractivity contribution < 1.29 is 57.7 Å². The summed E-state index contributed by atoms with van der Waals surface area (Å²) in [5.41, 5.74) is 7.61. The molecular weight excluding hydrogens is 947 g/mol. The molecule has 0 radical (unpaired) electrons. The molecule has 0 aliphatic carbocycles. The quantitative estimate of drug-likeness (QED) is 0.0369. The average Bonchev–Trinajstić information content (AvgIpc) is 3.73. The van der Waals surface area contributed by atoms with Gasteiger partial charge in [-0.1, -0.05) is 53.7 Å². The van der Waals surface area contributed by atoms with Crippen LogP contribution in [0.4, 0.5) is 20.1 Å². The zero-order valence-corrected chi connectivity index (χ0v) is 42.2. The third-order valence-electron chi connectivity index (χ3n) is 12.9. The van der Waals surface area contributed by atoms with Gasteiger partial charge in [0.2, 0.25) is 17.6 Å². The van der Waals surface area contributed by atoms with Crippen molar-refractivity contribution >= 4 is 64.3 Å². The zero-order valence-electron chi connectivity index (χ0n) is 42.2. The van der Waals surface area contributed by atoms with Gasteiger partial charge in [0.1, 0.15) is 31.0 Å². The molecule has 0 bridgehead atoms. The fraction of sp³-hybridized carbons (Fsp3) is 0.451. The predicted octanol–water partition coefficient (Wildman–Crippen LogP) is 3.58. The lowest BCUT2D eigenvalue weighted by molar-refractivity contribution is -0.172. The van der Waals surface area contributed by atoms with Gasteiger partial charge in [-0.25, -0.2) is 24.2 Å². The number of primary amides is 1. The van der Waals surface area contributed by atoms with Crippen LogP contribution in [0.5, 0.6) is 5.75 Å². The number of rotatable bonds is 20. The van der Waals surface area contributed by atoms with Crippen molar-refractivity contribution in [1.29, 1.82) is 0 Å². The molecule has 2 aromatic carbocycles. The van der Waals surface area contributed by atoms with Crippen LogP contribution in [-0.2, 0) is 65.2 Å². The fourth-order valence-electron chi connectivity index (χ4n) is 8.50. The van der Waals surface area contributed by atoms with Crippen LogP contribution in [0.1, 0.15) is 88.6 Å². The average molecular weight is 1010 g/mol. The van der Waals surface area contributed by atoms with Crippen LogP contribution < -0.4 is 37.3 Å². The second-order valence-electron chi connectivity index (χ2n) is 18.7. The number of anilines is 1. The first kappa shape index (κ1) is 54.5. The first-order chi connectivity index (χ1) is 34.6. The first-order valence-corrected chi connectivity index (χ1v) is 24.1. The van der Waals surface area contributed by atoms with E-state index in [1.54, 1.807) is 87.7 Å². The molecule has 2 aromatic heterocycles. The highest BCUT2D eigenvalue weighted by molar-refractivity contribution is 6.37. The number of benzene rings is 2. The smallest absolute Gasteiger partial charge is 0.415 e. The number of ketones is 1. The summed E-state index contributed by atoms with van der Waals surface area (Å²) in [6, 6.07) is 10.2. The molecule has 73 heavy (non-hydrogen) atoms. The molecule has 0 unspecified atom stereocenters. The number of pyridine rings is 2. The number of fused-ring (bicyclic) bond motifs is 5. The summed E-state index contributed by atoms with van der Waals surface area (Å²) in [5, 5.41) is 22.3. The first-order valence-electron chi connectivity index (χ1n) is 24.1. The van der Waals surface area contributed by atoms with Crippen molar-refractivity contribution in [3.8, 4) is 17.1 Å². The molecule has 7 N–H and O–H groups in total. The summed E-state index contributed by atoms with van der Waals surface area (Å²) in [6.45, 7) is 10.3. The molecule has 4 heterocycles. The van der Waals surface area contributed by atoms with E-state index in [-0.39, 0.29) is 81.1 Å². The molecule has 0 spiro atoms. The molecule has 22 heteroatoms. The number of Topliss-reactive ketones (excluding diaryl/α,β-unsaturated/α-hetero) is 1. The van der Waals surface area contributed by atoms with E-state index in [2.05, 4.69) is 21.3 Å². The topological polar surface area (TPSA) is 300 Å². The number of amides is 7. The number of hydrogen-bond donors (Lipinski definition) is 6. The number of hydrogen-bond acceptors (Lipinski definition) is 14. The maximum atomic E-state index is 13.7. The molecule has 6 rings (SSSR count). The second kappa shape index (κ2) is 23.1. The van der Waals surface area contributed by atoms with Crippen LogP contribution in [0.25, 0.3) is 22.3 Å². The Morgan fingerprint density at radius 3 is 2.22 bits per heavy atom. The highest BCUT2D eigenvalue weighted by Crippen LogP contribution is 2.41. The molecule has 7 amide bonds.